The molecule has 5 heteroatoms. The Labute approximate surface area is 105 Å². The van der Waals surface area contributed by atoms with E-state index in [1.807, 2.05) is 0 Å². The molecular weight excluding hydrogens is 236 g/mol. The van der Waals surface area contributed by atoms with Crippen LogP contribution in [0.5, 0.6) is 11.5 Å². The number of methoxy groups -OCH3 is 2. The normalized spacial score (nSPS) is 9.94. The van der Waals surface area contributed by atoms with E-state index in [0.717, 1.165) is 5.56 Å². The van der Waals surface area contributed by atoms with Crippen LogP contribution in [0.3, 0.4) is 0 Å². The van der Waals surface area contributed by atoms with Crippen molar-refractivity contribution in [3.63, 3.8) is 0 Å². The van der Waals surface area contributed by atoms with Crippen molar-refractivity contribution < 1.29 is 24.2 Å². The number of rotatable bonds is 6. The van der Waals surface area contributed by atoms with Crippen molar-refractivity contribution in [2.75, 3.05) is 14.2 Å². The highest BCUT2D eigenvalue weighted by Crippen LogP contribution is 2.32. The first-order valence-electron chi connectivity index (χ1n) is 5.47. The van der Waals surface area contributed by atoms with Gasteiger partial charge in [-0.15, -0.1) is 0 Å². The van der Waals surface area contributed by atoms with Crippen LogP contribution in [0.1, 0.15) is 28.8 Å². The van der Waals surface area contributed by atoms with Gasteiger partial charge < -0.3 is 14.6 Å². The summed E-state index contributed by atoms with van der Waals surface area (Å²) in [6, 6.07) is 3.26. The number of hydrogen-bond acceptors (Lipinski definition) is 4. The fraction of sp³-hybridized carbons (Fsp3) is 0.385. The molecule has 0 aliphatic heterocycles. The molecule has 18 heavy (non-hydrogen) atoms. The summed E-state index contributed by atoms with van der Waals surface area (Å²) in [4.78, 5) is 22.3. The zero-order valence-corrected chi connectivity index (χ0v) is 10.6. The number of carbonyl (C=O) groups is 2. The predicted octanol–water partition coefficient (Wildman–Crippen LogP) is 2.06. The Kier molecular flexibility index (Phi) is 4.71. The monoisotopic (exact) mass is 252 g/mol. The Morgan fingerprint density at radius 3 is 2.33 bits per heavy atom. The number of carboxylic acids is 1. The van der Waals surface area contributed by atoms with Crippen molar-refractivity contribution in [2.24, 2.45) is 0 Å². The molecule has 1 rings (SSSR count). The van der Waals surface area contributed by atoms with Crippen LogP contribution in [0.4, 0.5) is 0 Å². The number of ketones is 1. The van der Waals surface area contributed by atoms with Crippen LogP contribution in [0, 0.1) is 6.92 Å². The van der Waals surface area contributed by atoms with Crippen molar-refractivity contribution >= 4 is 11.8 Å². The molecule has 0 heterocycles. The largest absolute Gasteiger partial charge is 0.496 e. The van der Waals surface area contributed by atoms with E-state index in [1.54, 1.807) is 19.1 Å². The molecule has 0 spiro atoms. The van der Waals surface area contributed by atoms with E-state index in [1.165, 1.54) is 14.2 Å². The average Bonchev–Trinajstić information content (AvgIpc) is 2.35. The minimum atomic E-state index is -0.993. The third-order valence-electron chi connectivity index (χ3n) is 2.65. The van der Waals surface area contributed by atoms with Gasteiger partial charge in [0.25, 0.3) is 0 Å². The quantitative estimate of drug-likeness (QED) is 0.784. The van der Waals surface area contributed by atoms with Crippen molar-refractivity contribution in [2.45, 2.75) is 19.8 Å². The van der Waals surface area contributed by atoms with Gasteiger partial charge in [0.05, 0.1) is 26.2 Å². The Hall–Kier alpha value is -2.04. The molecule has 98 valence electrons. The lowest BCUT2D eigenvalue weighted by molar-refractivity contribution is -0.136. The second-order valence-electron chi connectivity index (χ2n) is 3.79. The van der Waals surface area contributed by atoms with E-state index in [0.29, 0.717) is 17.1 Å². The highest BCUT2D eigenvalue weighted by atomic mass is 16.5. The SMILES string of the molecule is COc1ccc(C(=O)CCC(=O)O)c(OC)c1C. The lowest BCUT2D eigenvalue weighted by Gasteiger charge is -2.13. The van der Waals surface area contributed by atoms with Gasteiger partial charge in [0.2, 0.25) is 0 Å². The summed E-state index contributed by atoms with van der Waals surface area (Å²) in [6.45, 7) is 1.78. The minimum absolute atomic E-state index is 0.0442. The number of Topliss-reactive ketones (excluding diaryl/α,β-unsaturated/α-hetero) is 1. The molecule has 0 amide bonds. The molecule has 0 unspecified atom stereocenters. The van der Waals surface area contributed by atoms with Gasteiger partial charge in [-0.1, -0.05) is 0 Å². The zero-order chi connectivity index (χ0) is 13.7. The average molecular weight is 252 g/mol. The molecule has 0 saturated carbocycles. The maximum atomic E-state index is 11.9. The number of hydrogen-bond donors (Lipinski definition) is 1. The fourth-order valence-electron chi connectivity index (χ4n) is 1.73. The van der Waals surface area contributed by atoms with Gasteiger partial charge in [0, 0.05) is 12.0 Å². The van der Waals surface area contributed by atoms with E-state index in [9.17, 15) is 9.59 Å². The minimum Gasteiger partial charge on any atom is -0.496 e. The third-order valence-corrected chi connectivity index (χ3v) is 2.65. The first kappa shape index (κ1) is 14.0. The van der Waals surface area contributed by atoms with Gasteiger partial charge in [-0.3, -0.25) is 9.59 Å². The number of ether oxygens (including phenoxy) is 2. The van der Waals surface area contributed by atoms with Crippen LogP contribution in [0.2, 0.25) is 0 Å². The van der Waals surface area contributed by atoms with Gasteiger partial charge in [0.1, 0.15) is 11.5 Å². The van der Waals surface area contributed by atoms with Crippen LogP contribution in [-0.2, 0) is 4.79 Å². The Morgan fingerprint density at radius 2 is 1.83 bits per heavy atom. The summed E-state index contributed by atoms with van der Waals surface area (Å²) in [5, 5.41) is 8.57. The molecule has 0 radical (unpaired) electrons. The van der Waals surface area contributed by atoms with Crippen molar-refractivity contribution in [1.82, 2.24) is 0 Å². The summed E-state index contributed by atoms with van der Waals surface area (Å²) in [5.41, 5.74) is 1.11. The van der Waals surface area contributed by atoms with Gasteiger partial charge in [0.15, 0.2) is 5.78 Å². The van der Waals surface area contributed by atoms with E-state index >= 15 is 0 Å². The van der Waals surface area contributed by atoms with Gasteiger partial charge in [-0.05, 0) is 19.1 Å². The van der Waals surface area contributed by atoms with Gasteiger partial charge >= 0.3 is 5.97 Å². The molecule has 0 atom stereocenters. The Morgan fingerprint density at radius 1 is 1.17 bits per heavy atom. The first-order valence-corrected chi connectivity index (χ1v) is 5.47. The van der Waals surface area contributed by atoms with Crippen LogP contribution in [0.25, 0.3) is 0 Å². The number of benzene rings is 1. The van der Waals surface area contributed by atoms with Gasteiger partial charge in [-0.25, -0.2) is 0 Å². The second kappa shape index (κ2) is 6.05. The number of carbonyl (C=O) groups excluding carboxylic acids is 1. The Bertz CT molecular complexity index is 465. The first-order chi connectivity index (χ1) is 8.51. The Balaban J connectivity index is 3.05. The lowest BCUT2D eigenvalue weighted by atomic mass is 10.0. The molecule has 0 aliphatic carbocycles. The highest BCUT2D eigenvalue weighted by molar-refractivity contribution is 6.00. The summed E-state index contributed by atoms with van der Waals surface area (Å²) in [7, 11) is 3.00. The fourth-order valence-corrected chi connectivity index (χ4v) is 1.73. The van der Waals surface area contributed by atoms with E-state index in [2.05, 4.69) is 0 Å². The molecular formula is C13H16O5. The van der Waals surface area contributed by atoms with E-state index in [-0.39, 0.29) is 18.6 Å². The van der Waals surface area contributed by atoms with Crippen LogP contribution >= 0.6 is 0 Å². The van der Waals surface area contributed by atoms with Crippen molar-refractivity contribution in [1.29, 1.82) is 0 Å². The number of carboxylic acid groups (broad SMARTS) is 1. The summed E-state index contributed by atoms with van der Waals surface area (Å²) in [6.07, 6.45) is -0.232. The maximum absolute atomic E-state index is 11.9. The van der Waals surface area contributed by atoms with E-state index in [4.69, 9.17) is 14.6 Å². The van der Waals surface area contributed by atoms with E-state index < -0.39 is 5.97 Å². The van der Waals surface area contributed by atoms with Crippen LogP contribution in [-0.4, -0.2) is 31.1 Å². The molecule has 0 bridgehead atoms. The molecule has 1 aromatic carbocycles. The van der Waals surface area contributed by atoms with Gasteiger partial charge in [-0.2, -0.15) is 0 Å². The maximum Gasteiger partial charge on any atom is 0.303 e. The molecule has 0 aliphatic rings. The summed E-state index contributed by atoms with van der Waals surface area (Å²) in [5.74, 6) is -0.182. The third kappa shape index (κ3) is 3.00. The highest BCUT2D eigenvalue weighted by Gasteiger charge is 2.17. The molecule has 0 fully saturated rings. The van der Waals surface area contributed by atoms with Crippen LogP contribution in [0.15, 0.2) is 12.1 Å². The summed E-state index contributed by atoms with van der Waals surface area (Å²) >= 11 is 0. The lowest BCUT2D eigenvalue weighted by Crippen LogP contribution is -2.07. The molecule has 5 nitrogen and oxygen atoms in total. The van der Waals surface area contributed by atoms with Crippen LogP contribution < -0.4 is 9.47 Å². The number of aliphatic carboxylic acids is 1. The standard InChI is InChI=1S/C13H16O5/c1-8-11(17-2)6-4-9(13(8)18-3)10(14)5-7-12(15)16/h4,6H,5,7H2,1-3H3,(H,15,16). The second-order valence-corrected chi connectivity index (χ2v) is 3.79. The molecule has 0 saturated heterocycles. The molecule has 0 aromatic heterocycles. The zero-order valence-electron chi connectivity index (χ0n) is 10.6. The topological polar surface area (TPSA) is 72.8 Å². The molecule has 1 aromatic rings. The summed E-state index contributed by atoms with van der Waals surface area (Å²) < 4.78 is 10.3. The smallest absolute Gasteiger partial charge is 0.303 e. The van der Waals surface area contributed by atoms with Crippen molar-refractivity contribution in [3.05, 3.63) is 23.3 Å². The predicted molar refractivity (Wildman–Crippen MR) is 65.5 cm³/mol. The molecule has 1 N–H and O–H groups in total. The van der Waals surface area contributed by atoms with Crippen molar-refractivity contribution in [3.8, 4) is 11.5 Å².